The summed E-state index contributed by atoms with van der Waals surface area (Å²) < 4.78 is 35.2. The highest BCUT2D eigenvalue weighted by Crippen LogP contribution is 2.51. The van der Waals surface area contributed by atoms with Crippen molar-refractivity contribution < 1.29 is 18.3 Å². The van der Waals surface area contributed by atoms with Gasteiger partial charge >= 0.3 is 0 Å². The van der Waals surface area contributed by atoms with Crippen molar-refractivity contribution in [2.45, 2.75) is 64.0 Å². The van der Waals surface area contributed by atoms with E-state index >= 15 is 4.39 Å². The molecule has 4 nitrogen and oxygen atoms in total. The normalized spacial score (nSPS) is 15.9. The largest absolute Gasteiger partial charge is 0.494 e. The van der Waals surface area contributed by atoms with Crippen LogP contribution in [0.2, 0.25) is 0 Å². The number of halogens is 2. The molecule has 1 amide bonds. The van der Waals surface area contributed by atoms with Crippen molar-refractivity contribution in [2.24, 2.45) is 0 Å². The number of ether oxygens (including phenoxy) is 1. The first kappa shape index (κ1) is 22.2. The minimum Gasteiger partial charge on any atom is -0.494 e. The smallest absolute Gasteiger partial charge is 0.207 e. The molecule has 1 atom stereocenters. The number of rotatable bonds is 9. The number of hydrogen-bond donors (Lipinski definition) is 1. The van der Waals surface area contributed by atoms with E-state index in [4.69, 9.17) is 9.72 Å². The molecule has 2 aromatic rings. The maximum Gasteiger partial charge on any atom is 0.207 e. The average molecular weight is 417 g/mol. The van der Waals surface area contributed by atoms with Crippen LogP contribution in [-0.2, 0) is 4.79 Å². The second-order valence-electron chi connectivity index (χ2n) is 8.68. The van der Waals surface area contributed by atoms with Crippen LogP contribution in [0.5, 0.6) is 5.75 Å². The van der Waals surface area contributed by atoms with Crippen molar-refractivity contribution in [1.29, 1.82) is 0 Å². The fraction of sp³-hybridized carbons (Fsp3) is 0.500. The average Bonchev–Trinajstić information content (AvgIpc) is 3.45. The molecule has 0 saturated heterocycles. The molecule has 162 valence electrons. The first-order valence-corrected chi connectivity index (χ1v) is 10.5. The van der Waals surface area contributed by atoms with Crippen molar-refractivity contribution in [1.82, 2.24) is 10.3 Å². The van der Waals surface area contributed by atoms with Crippen LogP contribution in [0.1, 0.15) is 75.1 Å². The van der Waals surface area contributed by atoms with E-state index in [2.05, 4.69) is 5.32 Å². The summed E-state index contributed by atoms with van der Waals surface area (Å²) in [6.07, 6.45) is 1.49. The van der Waals surface area contributed by atoms with Gasteiger partial charge in [-0.2, -0.15) is 0 Å². The summed E-state index contributed by atoms with van der Waals surface area (Å²) >= 11 is 0. The standard InChI is InChI=1S/C24H30F2N2O2/c1-14(2)17-10-16(6-7-20(17)25)22-23(30-5)18(15(3)4)11-21(28-22)19(12-27-13-29)24(26)8-9-24/h6-7,10-11,13-15,19H,8-9,12H2,1-5H3,(H,27,29). The van der Waals surface area contributed by atoms with E-state index in [0.29, 0.717) is 42.0 Å². The highest BCUT2D eigenvalue weighted by Gasteiger charge is 2.51. The van der Waals surface area contributed by atoms with Gasteiger partial charge in [0, 0.05) is 23.4 Å². The lowest BCUT2D eigenvalue weighted by Gasteiger charge is -2.24. The molecule has 0 radical (unpaired) electrons. The van der Waals surface area contributed by atoms with Crippen molar-refractivity contribution in [3.63, 3.8) is 0 Å². The fourth-order valence-corrected chi connectivity index (χ4v) is 3.91. The van der Waals surface area contributed by atoms with Crippen molar-refractivity contribution in [3.05, 3.63) is 46.9 Å². The maximum absolute atomic E-state index is 15.2. The van der Waals surface area contributed by atoms with Crippen LogP contribution >= 0.6 is 0 Å². The van der Waals surface area contributed by atoms with E-state index in [0.717, 1.165) is 11.1 Å². The van der Waals surface area contributed by atoms with Crippen LogP contribution in [0.25, 0.3) is 11.3 Å². The molecule has 1 unspecified atom stereocenters. The molecule has 1 aromatic carbocycles. The summed E-state index contributed by atoms with van der Waals surface area (Å²) in [6, 6.07) is 6.80. The molecule has 1 saturated carbocycles. The second kappa shape index (κ2) is 8.70. The number of carbonyl (C=O) groups excluding carboxylic acids is 1. The number of pyridine rings is 1. The molecule has 1 aliphatic rings. The van der Waals surface area contributed by atoms with Gasteiger partial charge in [0.25, 0.3) is 0 Å². The van der Waals surface area contributed by atoms with E-state index < -0.39 is 11.6 Å². The molecule has 0 aliphatic heterocycles. The van der Waals surface area contributed by atoms with E-state index in [1.807, 2.05) is 33.8 Å². The third-order valence-electron chi connectivity index (χ3n) is 5.85. The molecule has 1 fully saturated rings. The summed E-state index contributed by atoms with van der Waals surface area (Å²) in [5.41, 5.74) is 2.02. The number of aromatic nitrogens is 1. The Morgan fingerprint density at radius 3 is 2.37 bits per heavy atom. The number of methoxy groups -OCH3 is 1. The quantitative estimate of drug-likeness (QED) is 0.551. The Balaban J connectivity index is 2.21. The molecule has 1 heterocycles. The second-order valence-corrected chi connectivity index (χ2v) is 8.68. The molecule has 3 rings (SSSR count). The van der Waals surface area contributed by atoms with Crippen molar-refractivity contribution in [2.75, 3.05) is 13.7 Å². The predicted molar refractivity (Wildman–Crippen MR) is 114 cm³/mol. The van der Waals surface area contributed by atoms with Gasteiger partial charge < -0.3 is 10.1 Å². The lowest BCUT2D eigenvalue weighted by Crippen LogP contribution is -2.29. The molecule has 30 heavy (non-hydrogen) atoms. The lowest BCUT2D eigenvalue weighted by molar-refractivity contribution is -0.109. The number of alkyl halides is 1. The van der Waals surface area contributed by atoms with Crippen LogP contribution in [0.4, 0.5) is 8.78 Å². The van der Waals surface area contributed by atoms with Gasteiger partial charge in [0.05, 0.1) is 13.0 Å². The zero-order chi connectivity index (χ0) is 22.1. The molecule has 6 heteroatoms. The summed E-state index contributed by atoms with van der Waals surface area (Å²) in [5.74, 6) is -0.0776. The third kappa shape index (κ3) is 4.32. The van der Waals surface area contributed by atoms with Gasteiger partial charge in [-0.1, -0.05) is 27.7 Å². The number of benzene rings is 1. The Labute approximate surface area is 177 Å². The Morgan fingerprint density at radius 1 is 1.17 bits per heavy atom. The van der Waals surface area contributed by atoms with Crippen molar-refractivity contribution >= 4 is 6.41 Å². The van der Waals surface area contributed by atoms with E-state index in [9.17, 15) is 9.18 Å². The van der Waals surface area contributed by atoms with Crippen molar-refractivity contribution in [3.8, 4) is 17.0 Å². The molecule has 1 N–H and O–H groups in total. The van der Waals surface area contributed by atoms with Crippen LogP contribution in [-0.4, -0.2) is 30.7 Å². The Kier molecular flexibility index (Phi) is 6.44. The zero-order valence-corrected chi connectivity index (χ0v) is 18.3. The van der Waals surface area contributed by atoms with Crippen LogP contribution in [0, 0.1) is 5.82 Å². The molecular formula is C24H30F2N2O2. The van der Waals surface area contributed by atoms with Gasteiger partial charge in [0.15, 0.2) is 0 Å². The fourth-order valence-electron chi connectivity index (χ4n) is 3.91. The molecule has 1 aromatic heterocycles. The first-order chi connectivity index (χ1) is 14.2. The number of nitrogens with one attached hydrogen (secondary N) is 1. The van der Waals surface area contributed by atoms with E-state index in [-0.39, 0.29) is 24.2 Å². The highest BCUT2D eigenvalue weighted by atomic mass is 19.1. The number of hydrogen-bond acceptors (Lipinski definition) is 3. The van der Waals surface area contributed by atoms with Gasteiger partial charge in [-0.3, -0.25) is 4.79 Å². The predicted octanol–water partition coefficient (Wildman–Crippen LogP) is 5.47. The summed E-state index contributed by atoms with van der Waals surface area (Å²) in [5, 5.41) is 2.62. The molecule has 0 bridgehead atoms. The molecular weight excluding hydrogens is 386 g/mol. The Bertz CT molecular complexity index is 924. The van der Waals surface area contributed by atoms with Crippen LogP contribution in [0.15, 0.2) is 24.3 Å². The van der Waals surface area contributed by atoms with Gasteiger partial charge in [-0.15, -0.1) is 0 Å². The Hall–Kier alpha value is -2.50. The topological polar surface area (TPSA) is 51.2 Å². The minimum absolute atomic E-state index is 0.00816. The zero-order valence-electron chi connectivity index (χ0n) is 18.3. The Morgan fingerprint density at radius 2 is 1.83 bits per heavy atom. The summed E-state index contributed by atoms with van der Waals surface area (Å²) in [4.78, 5) is 15.7. The monoisotopic (exact) mass is 416 g/mol. The van der Waals surface area contributed by atoms with Crippen LogP contribution < -0.4 is 10.1 Å². The van der Waals surface area contributed by atoms with E-state index in [1.165, 1.54) is 6.07 Å². The number of carbonyl (C=O) groups is 1. The lowest BCUT2D eigenvalue weighted by atomic mass is 9.90. The van der Waals surface area contributed by atoms with Crippen LogP contribution in [0.3, 0.4) is 0 Å². The summed E-state index contributed by atoms with van der Waals surface area (Å²) in [6.45, 7) is 8.12. The number of amides is 1. The third-order valence-corrected chi connectivity index (χ3v) is 5.85. The van der Waals surface area contributed by atoms with Gasteiger partial charge in [-0.25, -0.2) is 13.8 Å². The maximum atomic E-state index is 15.2. The highest BCUT2D eigenvalue weighted by molar-refractivity contribution is 5.70. The molecule has 1 aliphatic carbocycles. The number of nitrogens with zero attached hydrogens (tertiary/aromatic N) is 1. The van der Waals surface area contributed by atoms with Gasteiger partial charge in [0.1, 0.15) is 22.9 Å². The molecule has 0 spiro atoms. The minimum atomic E-state index is -1.37. The van der Waals surface area contributed by atoms with E-state index in [1.54, 1.807) is 19.2 Å². The first-order valence-electron chi connectivity index (χ1n) is 10.5. The van der Waals surface area contributed by atoms with Gasteiger partial charge in [0.2, 0.25) is 6.41 Å². The SMILES string of the molecule is COc1c(C(C)C)cc(C(CNC=O)C2(F)CC2)nc1-c1ccc(F)c(C(C)C)c1. The summed E-state index contributed by atoms with van der Waals surface area (Å²) in [7, 11) is 1.59. The van der Waals surface area contributed by atoms with Gasteiger partial charge in [-0.05, 0) is 54.5 Å².